The summed E-state index contributed by atoms with van der Waals surface area (Å²) in [4.78, 5) is 16.2. The Morgan fingerprint density at radius 2 is 2.26 bits per heavy atom. The molecule has 4 nitrogen and oxygen atoms in total. The van der Waals surface area contributed by atoms with Gasteiger partial charge in [-0.15, -0.1) is 0 Å². The Kier molecular flexibility index (Phi) is 2.91. The number of pyridine rings is 1. The van der Waals surface area contributed by atoms with E-state index in [4.69, 9.17) is 0 Å². The van der Waals surface area contributed by atoms with Crippen LogP contribution >= 0.6 is 0 Å². The molecule has 0 atom stereocenters. The molecule has 0 spiro atoms. The smallest absolute Gasteiger partial charge is 0.255 e. The highest BCUT2D eigenvalue weighted by Crippen LogP contribution is 2.23. The van der Waals surface area contributed by atoms with Gasteiger partial charge in [-0.05, 0) is 48.7 Å². The number of carbonyl (C=O) groups excluding carboxylic acids is 1. The highest BCUT2D eigenvalue weighted by Gasteiger charge is 2.13. The SMILES string of the molecule is Cc1cnccc1NC(=O)c1ccc2c(c1)CCN2. The third kappa shape index (κ3) is 2.29. The molecule has 0 unspecified atom stereocenters. The van der Waals surface area contributed by atoms with E-state index in [-0.39, 0.29) is 5.91 Å². The number of hydrogen-bond acceptors (Lipinski definition) is 3. The summed E-state index contributed by atoms with van der Waals surface area (Å²) in [5.41, 5.74) is 4.80. The monoisotopic (exact) mass is 253 g/mol. The van der Waals surface area contributed by atoms with Gasteiger partial charge in [0.1, 0.15) is 0 Å². The summed E-state index contributed by atoms with van der Waals surface area (Å²) < 4.78 is 0. The third-order valence-electron chi connectivity index (χ3n) is 3.35. The summed E-state index contributed by atoms with van der Waals surface area (Å²) in [6.07, 6.45) is 4.39. The summed E-state index contributed by atoms with van der Waals surface area (Å²) in [6.45, 7) is 2.87. The molecular formula is C15H15N3O. The lowest BCUT2D eigenvalue weighted by Gasteiger charge is -2.08. The predicted molar refractivity (Wildman–Crippen MR) is 75.6 cm³/mol. The first-order valence-electron chi connectivity index (χ1n) is 6.33. The molecular weight excluding hydrogens is 238 g/mol. The van der Waals surface area contributed by atoms with Crippen molar-refractivity contribution in [2.75, 3.05) is 17.2 Å². The van der Waals surface area contributed by atoms with E-state index in [0.29, 0.717) is 5.56 Å². The Morgan fingerprint density at radius 3 is 3.11 bits per heavy atom. The zero-order chi connectivity index (χ0) is 13.2. The van der Waals surface area contributed by atoms with Crippen molar-refractivity contribution in [3.8, 4) is 0 Å². The number of rotatable bonds is 2. The number of nitrogens with one attached hydrogen (secondary N) is 2. The number of nitrogens with zero attached hydrogens (tertiary/aromatic N) is 1. The number of benzene rings is 1. The van der Waals surface area contributed by atoms with Gasteiger partial charge in [-0.25, -0.2) is 0 Å². The molecule has 1 aromatic carbocycles. The van der Waals surface area contributed by atoms with E-state index in [1.54, 1.807) is 12.4 Å². The Labute approximate surface area is 111 Å². The van der Waals surface area contributed by atoms with Gasteiger partial charge in [-0.3, -0.25) is 9.78 Å². The number of amides is 1. The predicted octanol–water partition coefficient (Wildman–Crippen LogP) is 2.61. The standard InChI is InChI=1S/C15H15N3O/c1-10-9-16-6-5-13(10)18-15(19)12-2-3-14-11(8-12)4-7-17-14/h2-3,5-6,8-9,17H,4,7H2,1H3,(H,16,18,19). The van der Waals surface area contributed by atoms with Crippen LogP contribution in [0.15, 0.2) is 36.7 Å². The molecule has 0 fully saturated rings. The highest BCUT2D eigenvalue weighted by molar-refractivity contribution is 6.05. The van der Waals surface area contributed by atoms with Crippen molar-refractivity contribution in [1.82, 2.24) is 4.98 Å². The zero-order valence-electron chi connectivity index (χ0n) is 10.7. The molecule has 0 radical (unpaired) electrons. The molecule has 2 heterocycles. The van der Waals surface area contributed by atoms with E-state index in [1.807, 2.05) is 31.2 Å². The maximum Gasteiger partial charge on any atom is 0.255 e. The van der Waals surface area contributed by atoms with Crippen LogP contribution < -0.4 is 10.6 Å². The normalized spacial score (nSPS) is 12.7. The van der Waals surface area contributed by atoms with E-state index < -0.39 is 0 Å². The van der Waals surface area contributed by atoms with Gasteiger partial charge >= 0.3 is 0 Å². The Bertz CT molecular complexity index is 637. The van der Waals surface area contributed by atoms with Crippen LogP contribution in [0.4, 0.5) is 11.4 Å². The molecule has 4 heteroatoms. The minimum Gasteiger partial charge on any atom is -0.384 e. The average Bonchev–Trinajstić information content (AvgIpc) is 2.88. The van der Waals surface area contributed by atoms with Crippen molar-refractivity contribution in [1.29, 1.82) is 0 Å². The van der Waals surface area contributed by atoms with Crippen molar-refractivity contribution in [2.45, 2.75) is 13.3 Å². The molecule has 0 saturated carbocycles. The van der Waals surface area contributed by atoms with Crippen LogP contribution in [-0.4, -0.2) is 17.4 Å². The van der Waals surface area contributed by atoms with Gasteiger partial charge in [0, 0.05) is 35.9 Å². The number of fused-ring (bicyclic) bond motifs is 1. The molecule has 1 amide bonds. The zero-order valence-corrected chi connectivity index (χ0v) is 10.7. The van der Waals surface area contributed by atoms with Crippen LogP contribution in [0.25, 0.3) is 0 Å². The van der Waals surface area contributed by atoms with Crippen molar-refractivity contribution in [2.24, 2.45) is 0 Å². The van der Waals surface area contributed by atoms with Crippen molar-refractivity contribution in [3.05, 3.63) is 53.3 Å². The van der Waals surface area contributed by atoms with Crippen molar-refractivity contribution >= 4 is 17.3 Å². The summed E-state index contributed by atoms with van der Waals surface area (Å²) in [5, 5.41) is 6.20. The number of aromatic nitrogens is 1. The summed E-state index contributed by atoms with van der Waals surface area (Å²) in [7, 11) is 0. The summed E-state index contributed by atoms with van der Waals surface area (Å²) in [5.74, 6) is -0.0796. The number of aryl methyl sites for hydroxylation is 1. The van der Waals surface area contributed by atoms with E-state index >= 15 is 0 Å². The molecule has 0 saturated heterocycles. The van der Waals surface area contributed by atoms with Gasteiger partial charge in [0.05, 0.1) is 0 Å². The van der Waals surface area contributed by atoms with Gasteiger partial charge in [-0.1, -0.05) is 0 Å². The Morgan fingerprint density at radius 1 is 1.37 bits per heavy atom. The second-order valence-electron chi connectivity index (χ2n) is 4.69. The molecule has 96 valence electrons. The minimum atomic E-state index is -0.0796. The fourth-order valence-electron chi connectivity index (χ4n) is 2.25. The largest absolute Gasteiger partial charge is 0.384 e. The number of anilines is 2. The van der Waals surface area contributed by atoms with Gasteiger partial charge in [0.15, 0.2) is 0 Å². The summed E-state index contributed by atoms with van der Waals surface area (Å²) >= 11 is 0. The van der Waals surface area contributed by atoms with Gasteiger partial charge in [0.25, 0.3) is 5.91 Å². The van der Waals surface area contributed by atoms with Gasteiger partial charge in [0.2, 0.25) is 0 Å². The van der Waals surface area contributed by atoms with E-state index in [1.165, 1.54) is 5.56 Å². The van der Waals surface area contributed by atoms with Gasteiger partial charge in [-0.2, -0.15) is 0 Å². The number of carbonyl (C=O) groups is 1. The average molecular weight is 253 g/mol. The minimum absolute atomic E-state index is 0.0796. The molecule has 3 rings (SSSR count). The fourth-order valence-corrected chi connectivity index (χ4v) is 2.25. The van der Waals surface area contributed by atoms with Crippen LogP contribution in [0.3, 0.4) is 0 Å². The van der Waals surface area contributed by atoms with Crippen LogP contribution in [0.1, 0.15) is 21.5 Å². The maximum absolute atomic E-state index is 12.2. The Balaban J connectivity index is 1.83. The van der Waals surface area contributed by atoms with Crippen molar-refractivity contribution in [3.63, 3.8) is 0 Å². The van der Waals surface area contributed by atoms with E-state index in [0.717, 1.165) is 29.9 Å². The van der Waals surface area contributed by atoms with Crippen LogP contribution in [0.5, 0.6) is 0 Å². The second kappa shape index (κ2) is 4.72. The van der Waals surface area contributed by atoms with E-state index in [2.05, 4.69) is 15.6 Å². The molecule has 1 aromatic heterocycles. The first-order chi connectivity index (χ1) is 9.24. The molecule has 19 heavy (non-hydrogen) atoms. The van der Waals surface area contributed by atoms with Crippen molar-refractivity contribution < 1.29 is 4.79 Å². The lowest BCUT2D eigenvalue weighted by atomic mass is 10.1. The molecule has 2 N–H and O–H groups in total. The fraction of sp³-hybridized carbons (Fsp3) is 0.200. The first-order valence-corrected chi connectivity index (χ1v) is 6.33. The second-order valence-corrected chi connectivity index (χ2v) is 4.69. The lowest BCUT2D eigenvalue weighted by Crippen LogP contribution is -2.13. The molecule has 0 bridgehead atoms. The van der Waals surface area contributed by atoms with Crippen LogP contribution in [0.2, 0.25) is 0 Å². The Hall–Kier alpha value is -2.36. The number of hydrogen-bond donors (Lipinski definition) is 2. The van der Waals surface area contributed by atoms with Crippen LogP contribution in [0, 0.1) is 6.92 Å². The van der Waals surface area contributed by atoms with Gasteiger partial charge < -0.3 is 10.6 Å². The topological polar surface area (TPSA) is 54.0 Å². The first kappa shape index (κ1) is 11.7. The van der Waals surface area contributed by atoms with E-state index in [9.17, 15) is 4.79 Å². The lowest BCUT2D eigenvalue weighted by molar-refractivity contribution is 0.102. The molecule has 0 aliphatic carbocycles. The maximum atomic E-state index is 12.2. The summed E-state index contributed by atoms with van der Waals surface area (Å²) in [6, 6.07) is 7.59. The molecule has 1 aliphatic rings. The quantitative estimate of drug-likeness (QED) is 0.865. The third-order valence-corrected chi connectivity index (χ3v) is 3.35. The highest BCUT2D eigenvalue weighted by atomic mass is 16.1. The molecule has 1 aliphatic heterocycles. The molecule has 2 aromatic rings. The van der Waals surface area contributed by atoms with Crippen LogP contribution in [-0.2, 0) is 6.42 Å².